The summed E-state index contributed by atoms with van der Waals surface area (Å²) in [5, 5.41) is 11.4. The van der Waals surface area contributed by atoms with E-state index in [1.807, 2.05) is 12.1 Å². The first-order valence-corrected chi connectivity index (χ1v) is 8.00. The molecule has 0 bridgehead atoms. The molecule has 7 heteroatoms. The average Bonchev–Trinajstić information content (AvgIpc) is 3.40. The third-order valence-electron chi connectivity index (χ3n) is 4.25. The molecule has 1 N–H and O–H groups in total. The van der Waals surface area contributed by atoms with Gasteiger partial charge in [-0.05, 0) is 37.1 Å². The molecule has 0 spiro atoms. The lowest BCUT2D eigenvalue weighted by Crippen LogP contribution is -2.47. The van der Waals surface area contributed by atoms with E-state index in [0.29, 0.717) is 12.0 Å². The van der Waals surface area contributed by atoms with E-state index >= 15 is 0 Å². The van der Waals surface area contributed by atoms with Crippen LogP contribution in [-0.2, 0) is 0 Å². The fourth-order valence-corrected chi connectivity index (χ4v) is 2.76. The van der Waals surface area contributed by atoms with Gasteiger partial charge in [0.15, 0.2) is 5.82 Å². The quantitative estimate of drug-likeness (QED) is 0.930. The molecular weight excluding hydrogens is 295 g/mol. The molecule has 0 radical (unpaired) electrons. The number of rotatable bonds is 4. The number of anilines is 3. The summed E-state index contributed by atoms with van der Waals surface area (Å²) in [4.78, 5) is 9.03. The molecule has 2 aromatic rings. The summed E-state index contributed by atoms with van der Waals surface area (Å²) in [5.41, 5.74) is 1.06. The minimum atomic E-state index is -0.199. The summed E-state index contributed by atoms with van der Waals surface area (Å²) in [6.45, 7) is 3.47. The molecule has 1 saturated carbocycles. The monoisotopic (exact) mass is 314 g/mol. The van der Waals surface area contributed by atoms with Crippen molar-refractivity contribution in [2.45, 2.75) is 18.9 Å². The molecule has 0 unspecified atom stereocenters. The van der Waals surface area contributed by atoms with Crippen molar-refractivity contribution in [3.8, 4) is 0 Å². The highest BCUT2D eigenvalue weighted by molar-refractivity contribution is 5.49. The predicted octanol–water partition coefficient (Wildman–Crippen LogP) is 1.91. The largest absolute Gasteiger partial charge is 0.368 e. The molecule has 1 saturated heterocycles. The van der Waals surface area contributed by atoms with Gasteiger partial charge in [0.05, 0.1) is 6.20 Å². The second-order valence-corrected chi connectivity index (χ2v) is 6.01. The molecule has 6 nitrogen and oxygen atoms in total. The molecule has 1 aromatic heterocycles. The predicted molar refractivity (Wildman–Crippen MR) is 87.3 cm³/mol. The van der Waals surface area contributed by atoms with Crippen LogP contribution in [-0.4, -0.2) is 47.4 Å². The smallest absolute Gasteiger partial charge is 0.244 e. The lowest BCUT2D eigenvalue weighted by atomic mass is 10.2. The first kappa shape index (κ1) is 14.2. The van der Waals surface area contributed by atoms with Gasteiger partial charge in [0.2, 0.25) is 5.95 Å². The van der Waals surface area contributed by atoms with Crippen LogP contribution in [0.4, 0.5) is 21.8 Å². The van der Waals surface area contributed by atoms with E-state index < -0.39 is 0 Å². The summed E-state index contributed by atoms with van der Waals surface area (Å²) in [6.07, 6.45) is 4.08. The fourth-order valence-electron chi connectivity index (χ4n) is 2.76. The molecule has 1 aromatic carbocycles. The SMILES string of the molecule is Fc1ccc(N2CCN(c3cnnc(NC4CC4)n3)CC2)cc1. The van der Waals surface area contributed by atoms with Crippen LogP contribution in [0.15, 0.2) is 30.5 Å². The number of piperazine rings is 1. The van der Waals surface area contributed by atoms with Crippen molar-refractivity contribution in [3.63, 3.8) is 0 Å². The van der Waals surface area contributed by atoms with Crippen LogP contribution in [0.1, 0.15) is 12.8 Å². The normalized spacial score (nSPS) is 18.1. The topological polar surface area (TPSA) is 57.2 Å². The van der Waals surface area contributed by atoms with Crippen molar-refractivity contribution in [2.75, 3.05) is 41.3 Å². The highest BCUT2D eigenvalue weighted by Gasteiger charge is 2.23. The van der Waals surface area contributed by atoms with Crippen LogP contribution in [0.5, 0.6) is 0 Å². The maximum atomic E-state index is 13.0. The van der Waals surface area contributed by atoms with Gasteiger partial charge in [-0.1, -0.05) is 0 Å². The Hall–Kier alpha value is -2.44. The molecule has 23 heavy (non-hydrogen) atoms. The molecule has 1 aliphatic heterocycles. The van der Waals surface area contributed by atoms with Gasteiger partial charge in [-0.25, -0.2) is 4.39 Å². The summed E-state index contributed by atoms with van der Waals surface area (Å²) in [5.74, 6) is 1.28. The average molecular weight is 314 g/mol. The van der Waals surface area contributed by atoms with Crippen LogP contribution < -0.4 is 15.1 Å². The van der Waals surface area contributed by atoms with Gasteiger partial charge in [0.25, 0.3) is 0 Å². The Morgan fingerprint density at radius 3 is 2.39 bits per heavy atom. The minimum Gasteiger partial charge on any atom is -0.368 e. The Labute approximate surface area is 134 Å². The second kappa shape index (κ2) is 5.98. The van der Waals surface area contributed by atoms with E-state index in [2.05, 4.69) is 30.3 Å². The van der Waals surface area contributed by atoms with E-state index in [4.69, 9.17) is 0 Å². The maximum absolute atomic E-state index is 13.0. The zero-order valence-electron chi connectivity index (χ0n) is 12.8. The van der Waals surface area contributed by atoms with Crippen LogP contribution in [0.3, 0.4) is 0 Å². The van der Waals surface area contributed by atoms with Gasteiger partial charge in [0.1, 0.15) is 5.82 Å². The molecule has 2 aliphatic rings. The summed E-state index contributed by atoms with van der Waals surface area (Å²) in [6, 6.07) is 7.18. The van der Waals surface area contributed by atoms with E-state index in [1.54, 1.807) is 6.20 Å². The Morgan fingerprint density at radius 2 is 1.70 bits per heavy atom. The number of nitrogens with one attached hydrogen (secondary N) is 1. The van der Waals surface area contributed by atoms with Gasteiger partial charge in [-0.15, -0.1) is 5.10 Å². The van der Waals surface area contributed by atoms with Crippen molar-refractivity contribution >= 4 is 17.5 Å². The number of hydrogen-bond donors (Lipinski definition) is 1. The zero-order chi connectivity index (χ0) is 15.6. The van der Waals surface area contributed by atoms with Gasteiger partial charge in [-0.2, -0.15) is 10.1 Å². The van der Waals surface area contributed by atoms with Crippen LogP contribution in [0, 0.1) is 5.82 Å². The lowest BCUT2D eigenvalue weighted by molar-refractivity contribution is 0.624. The van der Waals surface area contributed by atoms with E-state index in [0.717, 1.165) is 37.7 Å². The molecule has 4 rings (SSSR count). The Balaban J connectivity index is 1.39. The van der Waals surface area contributed by atoms with Gasteiger partial charge in [0, 0.05) is 37.9 Å². The van der Waals surface area contributed by atoms with Crippen molar-refractivity contribution < 1.29 is 4.39 Å². The molecule has 1 aliphatic carbocycles. The number of nitrogens with zero attached hydrogens (tertiary/aromatic N) is 5. The standard InChI is InChI=1S/C16H19FN6/c17-12-1-5-14(6-2-12)22-7-9-23(10-8-22)15-11-18-21-16(20-15)19-13-3-4-13/h1-2,5-6,11,13H,3-4,7-10H2,(H,19,20,21). The highest BCUT2D eigenvalue weighted by atomic mass is 19.1. The molecule has 2 heterocycles. The summed E-state index contributed by atoms with van der Waals surface area (Å²) < 4.78 is 13.0. The lowest BCUT2D eigenvalue weighted by Gasteiger charge is -2.36. The van der Waals surface area contributed by atoms with E-state index in [-0.39, 0.29) is 5.82 Å². The Morgan fingerprint density at radius 1 is 1.00 bits per heavy atom. The summed E-state index contributed by atoms with van der Waals surface area (Å²) >= 11 is 0. The first-order chi connectivity index (χ1) is 11.3. The molecular formula is C16H19FN6. The highest BCUT2D eigenvalue weighted by Crippen LogP contribution is 2.24. The number of benzene rings is 1. The van der Waals surface area contributed by atoms with Crippen molar-refractivity contribution in [1.82, 2.24) is 15.2 Å². The van der Waals surface area contributed by atoms with E-state index in [9.17, 15) is 4.39 Å². The number of aromatic nitrogens is 3. The van der Waals surface area contributed by atoms with Gasteiger partial charge in [-0.3, -0.25) is 0 Å². The van der Waals surface area contributed by atoms with E-state index in [1.165, 1.54) is 25.0 Å². The van der Waals surface area contributed by atoms with Gasteiger partial charge >= 0.3 is 0 Å². The Kier molecular flexibility index (Phi) is 3.69. The minimum absolute atomic E-state index is 0.199. The van der Waals surface area contributed by atoms with Crippen molar-refractivity contribution in [3.05, 3.63) is 36.3 Å². The fraction of sp³-hybridized carbons (Fsp3) is 0.438. The molecule has 0 atom stereocenters. The molecule has 120 valence electrons. The number of halogens is 1. The van der Waals surface area contributed by atoms with Crippen LogP contribution in [0.2, 0.25) is 0 Å². The van der Waals surface area contributed by atoms with Crippen molar-refractivity contribution in [2.24, 2.45) is 0 Å². The third-order valence-corrected chi connectivity index (χ3v) is 4.25. The Bertz CT molecular complexity index is 665. The third kappa shape index (κ3) is 3.33. The van der Waals surface area contributed by atoms with Crippen LogP contribution >= 0.6 is 0 Å². The van der Waals surface area contributed by atoms with Crippen molar-refractivity contribution in [1.29, 1.82) is 0 Å². The molecule has 2 fully saturated rings. The summed E-state index contributed by atoms with van der Waals surface area (Å²) in [7, 11) is 0. The second-order valence-electron chi connectivity index (χ2n) is 6.01. The molecule has 0 amide bonds. The van der Waals surface area contributed by atoms with Crippen LogP contribution in [0.25, 0.3) is 0 Å². The zero-order valence-corrected chi connectivity index (χ0v) is 12.8. The maximum Gasteiger partial charge on any atom is 0.244 e. The first-order valence-electron chi connectivity index (χ1n) is 8.00. The van der Waals surface area contributed by atoms with Gasteiger partial charge < -0.3 is 15.1 Å². The number of hydrogen-bond acceptors (Lipinski definition) is 6.